The van der Waals surface area contributed by atoms with Gasteiger partial charge in [-0.05, 0) is 6.08 Å². The molecule has 0 saturated carbocycles. The van der Waals surface area contributed by atoms with E-state index in [2.05, 4.69) is 0 Å². The van der Waals surface area contributed by atoms with E-state index in [1.165, 1.54) is 18.2 Å². The third kappa shape index (κ3) is 2.47. The summed E-state index contributed by atoms with van der Waals surface area (Å²) in [6, 6.07) is 5.80. The lowest BCUT2D eigenvalue weighted by Crippen LogP contribution is -2.26. The molecule has 19 heavy (non-hydrogen) atoms. The lowest BCUT2D eigenvalue weighted by atomic mass is 9.87. The van der Waals surface area contributed by atoms with Crippen LogP contribution >= 0.6 is 0 Å². The van der Waals surface area contributed by atoms with E-state index in [-0.39, 0.29) is 11.1 Å². The van der Waals surface area contributed by atoms with Crippen LogP contribution in [0.3, 0.4) is 0 Å². The monoisotopic (exact) mass is 268 g/mol. The Balaban J connectivity index is 2.34. The number of fused-ring (bicyclic) bond motifs is 1. The van der Waals surface area contributed by atoms with E-state index in [0.717, 1.165) is 6.08 Å². The number of hydrogen-bond donors (Lipinski definition) is 0. The van der Waals surface area contributed by atoms with Gasteiger partial charge in [-0.2, -0.15) is 13.2 Å². The Labute approximate surface area is 105 Å². The molecule has 1 aromatic carbocycles. The predicted octanol–water partition coefficient (Wildman–Crippen LogP) is 2.51. The Bertz CT molecular complexity index is 612. The van der Waals surface area contributed by atoms with Gasteiger partial charge in [0, 0.05) is 23.1 Å². The molecule has 0 unspecified atom stereocenters. The average Bonchev–Trinajstić information content (AvgIpc) is 2.34. The van der Waals surface area contributed by atoms with Gasteiger partial charge < -0.3 is 0 Å². The molecular formula is C13H7F3O3. The quantitative estimate of drug-likeness (QED) is 0.828. The summed E-state index contributed by atoms with van der Waals surface area (Å²) >= 11 is 0. The summed E-state index contributed by atoms with van der Waals surface area (Å²) in [5.41, 5.74) is -0.262. The predicted molar refractivity (Wildman–Crippen MR) is 58.9 cm³/mol. The fourth-order valence-electron chi connectivity index (χ4n) is 1.78. The molecule has 2 rings (SSSR count). The maximum atomic E-state index is 12.2. The van der Waals surface area contributed by atoms with Crippen molar-refractivity contribution in [3.05, 3.63) is 47.0 Å². The van der Waals surface area contributed by atoms with Gasteiger partial charge in [-0.1, -0.05) is 24.3 Å². The molecule has 0 bridgehead atoms. The molecule has 0 aliphatic heterocycles. The van der Waals surface area contributed by atoms with E-state index < -0.39 is 35.5 Å². The van der Waals surface area contributed by atoms with Crippen LogP contribution in [0, 0.1) is 0 Å². The summed E-state index contributed by atoms with van der Waals surface area (Å²) in [4.78, 5) is 34.4. The molecule has 0 spiro atoms. The van der Waals surface area contributed by atoms with Crippen LogP contribution in [0.4, 0.5) is 13.2 Å². The van der Waals surface area contributed by atoms with Gasteiger partial charge in [0.1, 0.15) is 0 Å². The van der Waals surface area contributed by atoms with Crippen LogP contribution < -0.4 is 0 Å². The Hall–Kier alpha value is -2.24. The maximum absolute atomic E-state index is 12.2. The molecule has 3 nitrogen and oxygen atoms in total. The first-order valence-electron chi connectivity index (χ1n) is 5.29. The molecule has 98 valence electrons. The standard InChI is InChI=1S/C13H7F3O3/c14-13(15,16)11(18)6-7-5-10(17)8-3-1-2-4-9(8)12(7)19/h1-5H,6H2. The zero-order chi connectivity index (χ0) is 14.2. The molecular weight excluding hydrogens is 261 g/mol. The zero-order valence-corrected chi connectivity index (χ0v) is 9.45. The van der Waals surface area contributed by atoms with Crippen molar-refractivity contribution in [1.29, 1.82) is 0 Å². The highest BCUT2D eigenvalue weighted by Gasteiger charge is 2.40. The van der Waals surface area contributed by atoms with Crippen molar-refractivity contribution in [2.75, 3.05) is 0 Å². The lowest BCUT2D eigenvalue weighted by molar-refractivity contribution is -0.170. The van der Waals surface area contributed by atoms with Crippen LogP contribution in [0.2, 0.25) is 0 Å². The number of ketones is 3. The fourth-order valence-corrected chi connectivity index (χ4v) is 1.78. The molecule has 0 heterocycles. The molecule has 6 heteroatoms. The number of halogens is 3. The smallest absolute Gasteiger partial charge is 0.289 e. The second-order valence-corrected chi connectivity index (χ2v) is 4.01. The number of rotatable bonds is 2. The van der Waals surface area contributed by atoms with Crippen molar-refractivity contribution in [3.8, 4) is 0 Å². The van der Waals surface area contributed by atoms with Crippen molar-refractivity contribution >= 4 is 17.3 Å². The first-order valence-corrected chi connectivity index (χ1v) is 5.29. The number of Topliss-reactive ketones (excluding diaryl/α,β-unsaturated/α-hetero) is 2. The Morgan fingerprint density at radius 2 is 1.63 bits per heavy atom. The molecule has 1 aromatic rings. The van der Waals surface area contributed by atoms with E-state index in [9.17, 15) is 27.6 Å². The number of carbonyl (C=O) groups excluding carboxylic acids is 3. The third-order valence-electron chi connectivity index (χ3n) is 2.70. The van der Waals surface area contributed by atoms with Crippen LogP contribution in [0.1, 0.15) is 27.1 Å². The van der Waals surface area contributed by atoms with Gasteiger partial charge >= 0.3 is 6.18 Å². The molecule has 0 amide bonds. The molecule has 0 saturated heterocycles. The van der Waals surface area contributed by atoms with Crippen LogP contribution in [0.25, 0.3) is 0 Å². The average molecular weight is 268 g/mol. The van der Waals surface area contributed by atoms with Gasteiger partial charge in [0.25, 0.3) is 0 Å². The van der Waals surface area contributed by atoms with E-state index in [4.69, 9.17) is 0 Å². The van der Waals surface area contributed by atoms with Gasteiger partial charge in [-0.25, -0.2) is 0 Å². The Morgan fingerprint density at radius 1 is 1.05 bits per heavy atom. The molecule has 0 radical (unpaired) electrons. The summed E-state index contributed by atoms with van der Waals surface area (Å²) < 4.78 is 36.5. The highest BCUT2D eigenvalue weighted by molar-refractivity contribution is 6.25. The lowest BCUT2D eigenvalue weighted by Gasteiger charge is -2.14. The number of carbonyl (C=O) groups is 3. The molecule has 0 atom stereocenters. The summed E-state index contributed by atoms with van der Waals surface area (Å²) in [7, 11) is 0. The SMILES string of the molecule is O=C1C=C(CC(=O)C(F)(F)F)C(=O)c2ccccc21. The first-order chi connectivity index (χ1) is 8.80. The number of allylic oxidation sites excluding steroid dienone is 2. The Morgan fingerprint density at radius 3 is 2.21 bits per heavy atom. The van der Waals surface area contributed by atoms with Crippen molar-refractivity contribution < 1.29 is 27.6 Å². The van der Waals surface area contributed by atoms with E-state index in [1.807, 2.05) is 0 Å². The number of alkyl halides is 3. The van der Waals surface area contributed by atoms with Crippen LogP contribution in [0.15, 0.2) is 35.9 Å². The molecule has 0 N–H and O–H groups in total. The van der Waals surface area contributed by atoms with Crippen molar-refractivity contribution in [1.82, 2.24) is 0 Å². The van der Waals surface area contributed by atoms with Crippen LogP contribution in [-0.4, -0.2) is 23.5 Å². The first kappa shape index (κ1) is 13.2. The second-order valence-electron chi connectivity index (χ2n) is 4.01. The van der Waals surface area contributed by atoms with Crippen molar-refractivity contribution in [3.63, 3.8) is 0 Å². The minimum atomic E-state index is -5.01. The van der Waals surface area contributed by atoms with E-state index in [1.54, 1.807) is 6.07 Å². The van der Waals surface area contributed by atoms with Gasteiger partial charge in [-0.3, -0.25) is 14.4 Å². The van der Waals surface area contributed by atoms with Crippen molar-refractivity contribution in [2.24, 2.45) is 0 Å². The minimum absolute atomic E-state index is 0.0278. The van der Waals surface area contributed by atoms with E-state index in [0.29, 0.717) is 0 Å². The van der Waals surface area contributed by atoms with Gasteiger partial charge in [0.05, 0.1) is 0 Å². The Kier molecular flexibility index (Phi) is 3.09. The molecule has 0 aromatic heterocycles. The van der Waals surface area contributed by atoms with Gasteiger partial charge in [0.15, 0.2) is 11.6 Å². The van der Waals surface area contributed by atoms with Crippen LogP contribution in [-0.2, 0) is 4.79 Å². The molecule has 1 aliphatic carbocycles. The third-order valence-corrected chi connectivity index (χ3v) is 2.70. The molecule has 1 aliphatic rings. The number of benzene rings is 1. The fraction of sp³-hybridized carbons (Fsp3) is 0.154. The van der Waals surface area contributed by atoms with Gasteiger partial charge in [-0.15, -0.1) is 0 Å². The normalized spacial score (nSPS) is 15.0. The summed E-state index contributed by atoms with van der Waals surface area (Å²) in [6.45, 7) is 0. The summed E-state index contributed by atoms with van der Waals surface area (Å²) in [5.74, 6) is -3.33. The summed E-state index contributed by atoms with van der Waals surface area (Å²) in [5, 5.41) is 0. The highest BCUT2D eigenvalue weighted by atomic mass is 19.4. The largest absolute Gasteiger partial charge is 0.450 e. The maximum Gasteiger partial charge on any atom is 0.450 e. The molecule has 0 fully saturated rings. The number of hydrogen-bond acceptors (Lipinski definition) is 3. The topological polar surface area (TPSA) is 51.2 Å². The van der Waals surface area contributed by atoms with E-state index >= 15 is 0 Å². The van der Waals surface area contributed by atoms with Crippen molar-refractivity contribution in [2.45, 2.75) is 12.6 Å². The van der Waals surface area contributed by atoms with Gasteiger partial charge in [0.2, 0.25) is 5.78 Å². The van der Waals surface area contributed by atoms with Crippen LogP contribution in [0.5, 0.6) is 0 Å². The zero-order valence-electron chi connectivity index (χ0n) is 9.45. The second kappa shape index (κ2) is 4.46. The minimum Gasteiger partial charge on any atom is -0.289 e. The highest BCUT2D eigenvalue weighted by Crippen LogP contribution is 2.26. The summed E-state index contributed by atoms with van der Waals surface area (Å²) in [6.07, 6.45) is -5.32.